The van der Waals surface area contributed by atoms with Crippen molar-refractivity contribution in [1.29, 1.82) is 0 Å². The van der Waals surface area contributed by atoms with E-state index >= 15 is 0 Å². The molecule has 0 saturated carbocycles. The number of nitrogens with zero attached hydrogens (tertiary/aromatic N) is 2. The fraction of sp³-hybridized carbons (Fsp3) is 0.160. The molecule has 0 spiro atoms. The first kappa shape index (κ1) is 18.8. The second kappa shape index (κ2) is 8.65. The molecule has 0 amide bonds. The van der Waals surface area contributed by atoms with Gasteiger partial charge in [-0.25, -0.2) is 0 Å². The molecular weight excluding hydrogens is 358 g/mol. The average Bonchev–Trinajstić information content (AvgIpc) is 3.11. The Hall–Kier alpha value is -3.53. The monoisotopic (exact) mass is 383 g/mol. The molecule has 0 atom stereocenters. The van der Waals surface area contributed by atoms with E-state index < -0.39 is 0 Å². The Balaban J connectivity index is 1.55. The summed E-state index contributed by atoms with van der Waals surface area (Å²) in [5.74, 6) is 0.866. The summed E-state index contributed by atoms with van der Waals surface area (Å²) in [7, 11) is 1.69. The van der Waals surface area contributed by atoms with E-state index in [1.165, 1.54) is 22.0 Å². The standard InChI is InChI=1S/C25H25N3O/c1-19-9-3-4-11-21(19)17-28-18-22(23-12-6-7-13-24(23)28)16-27-26-15-20-10-5-8-14-25(20)29-2/h3-14,16,18,26H,15,17H2,1-2H3/b27-16-. The molecular formula is C25H25N3O. The molecule has 1 heterocycles. The molecule has 0 bridgehead atoms. The number of hydrazone groups is 1. The highest BCUT2D eigenvalue weighted by Gasteiger charge is 2.08. The highest BCUT2D eigenvalue weighted by Crippen LogP contribution is 2.22. The second-order valence-corrected chi connectivity index (χ2v) is 7.06. The first-order valence-electron chi connectivity index (χ1n) is 9.76. The number of rotatable bonds is 7. The number of hydrogen-bond donors (Lipinski definition) is 1. The van der Waals surface area contributed by atoms with Crippen LogP contribution in [0.25, 0.3) is 10.9 Å². The Labute approximate surface area is 171 Å². The van der Waals surface area contributed by atoms with Crippen LogP contribution in [0.2, 0.25) is 0 Å². The molecule has 0 fully saturated rings. The minimum absolute atomic E-state index is 0.613. The van der Waals surface area contributed by atoms with Crippen molar-refractivity contribution < 1.29 is 4.74 Å². The van der Waals surface area contributed by atoms with Gasteiger partial charge in [-0.1, -0.05) is 60.7 Å². The molecule has 4 aromatic rings. The van der Waals surface area contributed by atoms with Crippen LogP contribution in [0.4, 0.5) is 0 Å². The SMILES string of the molecule is COc1ccccc1CN/N=C\c1cn(Cc2ccccc2C)c2ccccc12. The molecule has 146 valence electrons. The van der Waals surface area contributed by atoms with Gasteiger partial charge in [0.25, 0.3) is 0 Å². The van der Waals surface area contributed by atoms with Crippen molar-refractivity contribution in [3.63, 3.8) is 0 Å². The fourth-order valence-electron chi connectivity index (χ4n) is 3.57. The molecule has 4 nitrogen and oxygen atoms in total. The molecule has 4 heteroatoms. The van der Waals surface area contributed by atoms with Crippen molar-refractivity contribution in [1.82, 2.24) is 9.99 Å². The predicted molar refractivity (Wildman–Crippen MR) is 120 cm³/mol. The summed E-state index contributed by atoms with van der Waals surface area (Å²) >= 11 is 0. The van der Waals surface area contributed by atoms with Crippen LogP contribution in [-0.2, 0) is 13.1 Å². The molecule has 4 rings (SSSR count). The van der Waals surface area contributed by atoms with E-state index in [0.29, 0.717) is 6.54 Å². The fourth-order valence-corrected chi connectivity index (χ4v) is 3.57. The van der Waals surface area contributed by atoms with Gasteiger partial charge in [-0.2, -0.15) is 5.10 Å². The van der Waals surface area contributed by atoms with Crippen LogP contribution >= 0.6 is 0 Å². The molecule has 0 aliphatic heterocycles. The Morgan fingerprint density at radius 2 is 1.66 bits per heavy atom. The summed E-state index contributed by atoms with van der Waals surface area (Å²) in [4.78, 5) is 0. The van der Waals surface area contributed by atoms with Gasteiger partial charge in [0.2, 0.25) is 0 Å². The second-order valence-electron chi connectivity index (χ2n) is 7.06. The normalized spacial score (nSPS) is 11.2. The Morgan fingerprint density at radius 1 is 0.931 bits per heavy atom. The van der Waals surface area contributed by atoms with Crippen LogP contribution in [-0.4, -0.2) is 17.9 Å². The van der Waals surface area contributed by atoms with Crippen molar-refractivity contribution >= 4 is 17.1 Å². The van der Waals surface area contributed by atoms with E-state index in [0.717, 1.165) is 23.4 Å². The highest BCUT2D eigenvalue weighted by molar-refractivity contribution is 5.99. The van der Waals surface area contributed by atoms with Crippen molar-refractivity contribution in [3.05, 3.63) is 101 Å². The summed E-state index contributed by atoms with van der Waals surface area (Å²) in [5, 5.41) is 5.65. The van der Waals surface area contributed by atoms with Gasteiger partial charge in [0.05, 0.1) is 19.9 Å². The summed E-state index contributed by atoms with van der Waals surface area (Å²) in [6, 6.07) is 24.9. The number of aryl methyl sites for hydroxylation is 1. The van der Waals surface area contributed by atoms with Crippen LogP contribution in [0.1, 0.15) is 22.3 Å². The number of fused-ring (bicyclic) bond motifs is 1. The largest absolute Gasteiger partial charge is 0.496 e. The van der Waals surface area contributed by atoms with Crippen LogP contribution in [0.15, 0.2) is 84.1 Å². The van der Waals surface area contributed by atoms with Gasteiger partial charge in [0.15, 0.2) is 0 Å². The van der Waals surface area contributed by atoms with Gasteiger partial charge < -0.3 is 14.7 Å². The summed E-state index contributed by atoms with van der Waals surface area (Å²) in [5.41, 5.74) is 9.15. The van der Waals surface area contributed by atoms with E-state index in [2.05, 4.69) is 76.7 Å². The summed E-state index contributed by atoms with van der Waals surface area (Å²) < 4.78 is 7.68. The number of benzene rings is 3. The predicted octanol–water partition coefficient (Wildman–Crippen LogP) is 5.13. The van der Waals surface area contributed by atoms with Crippen LogP contribution < -0.4 is 10.2 Å². The molecule has 0 radical (unpaired) electrons. The van der Waals surface area contributed by atoms with E-state index in [1.54, 1.807) is 7.11 Å². The molecule has 1 N–H and O–H groups in total. The lowest BCUT2D eigenvalue weighted by Gasteiger charge is -2.08. The molecule has 0 aliphatic rings. The third-order valence-corrected chi connectivity index (χ3v) is 5.18. The Bertz CT molecular complexity index is 1140. The molecule has 0 saturated heterocycles. The van der Waals surface area contributed by atoms with Gasteiger partial charge in [-0.05, 0) is 30.2 Å². The highest BCUT2D eigenvalue weighted by atomic mass is 16.5. The van der Waals surface area contributed by atoms with E-state index in [9.17, 15) is 0 Å². The minimum atomic E-state index is 0.613. The van der Waals surface area contributed by atoms with Gasteiger partial charge in [-0.3, -0.25) is 0 Å². The van der Waals surface area contributed by atoms with Crippen LogP contribution in [0.3, 0.4) is 0 Å². The first-order valence-corrected chi connectivity index (χ1v) is 9.76. The van der Waals surface area contributed by atoms with Crippen molar-refractivity contribution in [2.45, 2.75) is 20.0 Å². The zero-order chi connectivity index (χ0) is 20.1. The number of nitrogens with one attached hydrogen (secondary N) is 1. The maximum Gasteiger partial charge on any atom is 0.123 e. The molecule has 1 aromatic heterocycles. The number of ether oxygens (including phenoxy) is 1. The summed E-state index contributed by atoms with van der Waals surface area (Å²) in [6.45, 7) is 3.61. The Morgan fingerprint density at radius 3 is 2.48 bits per heavy atom. The zero-order valence-corrected chi connectivity index (χ0v) is 16.8. The third kappa shape index (κ3) is 4.16. The lowest BCUT2D eigenvalue weighted by Crippen LogP contribution is -2.06. The average molecular weight is 383 g/mol. The van der Waals surface area contributed by atoms with Crippen LogP contribution in [0.5, 0.6) is 5.75 Å². The zero-order valence-electron chi connectivity index (χ0n) is 16.8. The van der Waals surface area contributed by atoms with E-state index in [1.807, 2.05) is 30.5 Å². The molecule has 3 aromatic carbocycles. The van der Waals surface area contributed by atoms with E-state index in [4.69, 9.17) is 4.74 Å². The number of methoxy groups -OCH3 is 1. The number of aromatic nitrogens is 1. The lowest BCUT2D eigenvalue weighted by atomic mass is 10.1. The number of para-hydroxylation sites is 2. The lowest BCUT2D eigenvalue weighted by molar-refractivity contribution is 0.408. The van der Waals surface area contributed by atoms with Gasteiger partial charge in [-0.15, -0.1) is 0 Å². The molecule has 0 unspecified atom stereocenters. The Kier molecular flexibility index (Phi) is 5.61. The molecule has 29 heavy (non-hydrogen) atoms. The van der Waals surface area contributed by atoms with Gasteiger partial charge in [0.1, 0.15) is 5.75 Å². The summed E-state index contributed by atoms with van der Waals surface area (Å²) in [6.07, 6.45) is 4.07. The van der Waals surface area contributed by atoms with E-state index in [-0.39, 0.29) is 0 Å². The third-order valence-electron chi connectivity index (χ3n) is 5.18. The smallest absolute Gasteiger partial charge is 0.123 e. The van der Waals surface area contributed by atoms with Crippen molar-refractivity contribution in [2.75, 3.05) is 7.11 Å². The topological polar surface area (TPSA) is 38.5 Å². The van der Waals surface area contributed by atoms with Crippen LogP contribution in [0, 0.1) is 6.92 Å². The maximum absolute atomic E-state index is 5.39. The molecule has 0 aliphatic carbocycles. The van der Waals surface area contributed by atoms with Crippen molar-refractivity contribution in [2.24, 2.45) is 5.10 Å². The first-order chi connectivity index (χ1) is 14.3. The maximum atomic E-state index is 5.39. The number of hydrogen-bond acceptors (Lipinski definition) is 3. The van der Waals surface area contributed by atoms with Gasteiger partial charge in [0, 0.05) is 34.8 Å². The van der Waals surface area contributed by atoms with Gasteiger partial charge >= 0.3 is 0 Å². The quantitative estimate of drug-likeness (QED) is 0.355. The minimum Gasteiger partial charge on any atom is -0.496 e. The van der Waals surface area contributed by atoms with Crippen molar-refractivity contribution in [3.8, 4) is 5.75 Å².